The lowest BCUT2D eigenvalue weighted by molar-refractivity contribution is -0.117. The average Bonchev–Trinajstić information content (AvgIpc) is 3.32. The van der Waals surface area contributed by atoms with Crippen LogP contribution in [0.4, 0.5) is 29.0 Å². The Hall–Kier alpha value is -3.88. The van der Waals surface area contributed by atoms with Crippen LogP contribution in [-0.4, -0.2) is 30.5 Å². The summed E-state index contributed by atoms with van der Waals surface area (Å²) in [5.41, 5.74) is 3.36. The number of carbonyl (C=O) groups is 1. The summed E-state index contributed by atoms with van der Waals surface area (Å²) in [5, 5.41) is 16.5. The fourth-order valence-electron chi connectivity index (χ4n) is 3.04. The Morgan fingerprint density at radius 2 is 1.90 bits per heavy atom. The van der Waals surface area contributed by atoms with Gasteiger partial charge in [0.05, 0.1) is 0 Å². The highest BCUT2D eigenvalue weighted by atomic mass is 16.2. The van der Waals surface area contributed by atoms with Gasteiger partial charge in [-0.25, -0.2) is 4.98 Å². The lowest BCUT2D eigenvalue weighted by atomic mass is 10.2. The van der Waals surface area contributed by atoms with Gasteiger partial charge in [0.2, 0.25) is 11.9 Å². The maximum atomic E-state index is 11.9. The predicted molar refractivity (Wildman–Crippen MR) is 111 cm³/mol. The van der Waals surface area contributed by atoms with Crippen molar-refractivity contribution in [3.05, 3.63) is 54.5 Å². The van der Waals surface area contributed by atoms with Crippen LogP contribution in [0.5, 0.6) is 0 Å². The highest BCUT2D eigenvalue weighted by Gasteiger charge is 2.29. The Morgan fingerprint density at radius 3 is 2.62 bits per heavy atom. The number of rotatable bonds is 6. The second-order valence-electron chi connectivity index (χ2n) is 7.15. The second kappa shape index (κ2) is 6.93. The van der Waals surface area contributed by atoms with Crippen LogP contribution in [0.1, 0.15) is 18.5 Å². The Morgan fingerprint density at radius 1 is 1.10 bits per heavy atom. The van der Waals surface area contributed by atoms with Crippen LogP contribution < -0.4 is 16.0 Å². The molecule has 0 atom stereocenters. The topological polar surface area (TPSA) is 112 Å². The van der Waals surface area contributed by atoms with E-state index in [4.69, 9.17) is 0 Å². The molecule has 5 rings (SSSR count). The fourth-order valence-corrected chi connectivity index (χ4v) is 3.04. The molecule has 0 aliphatic heterocycles. The third-order valence-electron chi connectivity index (χ3n) is 4.71. The van der Waals surface area contributed by atoms with Crippen LogP contribution in [0.3, 0.4) is 0 Å². The monoisotopic (exact) mass is 388 g/mol. The van der Waals surface area contributed by atoms with Crippen LogP contribution in [0.2, 0.25) is 0 Å². The standard InChI is InChI=1S/C20H20N8O/c1-12-10-17(27-26-12)24-16-11-18-21-8-9-28(18)20(25-16)23-15-6-4-14(5-7-15)22-19(29)13-2-3-13/h4-11,13H,2-3H2,1H3,(H,22,29)(H,23,25)(H2,24,26,27). The van der Waals surface area contributed by atoms with Gasteiger partial charge in [0.15, 0.2) is 5.82 Å². The molecular formula is C20H20N8O. The molecule has 1 aliphatic rings. The molecule has 0 radical (unpaired) electrons. The van der Waals surface area contributed by atoms with Crippen molar-refractivity contribution in [1.29, 1.82) is 0 Å². The van der Waals surface area contributed by atoms with Crippen LogP contribution >= 0.6 is 0 Å². The van der Waals surface area contributed by atoms with Gasteiger partial charge >= 0.3 is 0 Å². The van der Waals surface area contributed by atoms with Gasteiger partial charge < -0.3 is 16.0 Å². The minimum atomic E-state index is 0.0971. The number of aryl methyl sites for hydroxylation is 1. The van der Waals surface area contributed by atoms with Gasteiger partial charge in [0.25, 0.3) is 0 Å². The van der Waals surface area contributed by atoms with E-state index in [9.17, 15) is 4.79 Å². The molecule has 0 unspecified atom stereocenters. The van der Waals surface area contributed by atoms with E-state index in [1.54, 1.807) is 6.20 Å². The molecule has 4 aromatic rings. The van der Waals surface area contributed by atoms with Crippen molar-refractivity contribution in [2.75, 3.05) is 16.0 Å². The maximum absolute atomic E-state index is 11.9. The van der Waals surface area contributed by atoms with Crippen LogP contribution in [-0.2, 0) is 4.79 Å². The van der Waals surface area contributed by atoms with E-state index in [2.05, 4.69) is 36.1 Å². The number of nitrogens with zero attached hydrogens (tertiary/aromatic N) is 4. The van der Waals surface area contributed by atoms with Crippen molar-refractivity contribution in [1.82, 2.24) is 24.6 Å². The van der Waals surface area contributed by atoms with Gasteiger partial charge in [0.1, 0.15) is 11.5 Å². The molecule has 3 heterocycles. The number of aromatic nitrogens is 5. The Balaban J connectivity index is 1.37. The molecule has 9 heteroatoms. The predicted octanol–water partition coefficient (Wildman–Crippen LogP) is 3.60. The molecule has 1 fully saturated rings. The molecule has 1 saturated carbocycles. The van der Waals surface area contributed by atoms with E-state index >= 15 is 0 Å². The van der Waals surface area contributed by atoms with Gasteiger partial charge in [-0.3, -0.25) is 14.3 Å². The lowest BCUT2D eigenvalue weighted by Gasteiger charge is -2.11. The van der Waals surface area contributed by atoms with Crippen molar-refractivity contribution < 1.29 is 4.79 Å². The molecule has 0 saturated heterocycles. The zero-order valence-electron chi connectivity index (χ0n) is 15.8. The third kappa shape index (κ3) is 3.75. The fraction of sp³-hybridized carbons (Fsp3) is 0.200. The summed E-state index contributed by atoms with van der Waals surface area (Å²) >= 11 is 0. The van der Waals surface area contributed by atoms with Crippen molar-refractivity contribution in [3.63, 3.8) is 0 Å². The molecule has 1 amide bonds. The normalized spacial score (nSPS) is 13.4. The maximum Gasteiger partial charge on any atom is 0.227 e. The summed E-state index contributed by atoms with van der Waals surface area (Å²) in [7, 11) is 0. The summed E-state index contributed by atoms with van der Waals surface area (Å²) in [6.45, 7) is 1.94. The van der Waals surface area contributed by atoms with E-state index < -0.39 is 0 Å². The summed E-state index contributed by atoms with van der Waals surface area (Å²) in [6.07, 6.45) is 5.54. The number of imidazole rings is 1. The van der Waals surface area contributed by atoms with Crippen LogP contribution in [0.25, 0.3) is 5.65 Å². The van der Waals surface area contributed by atoms with Gasteiger partial charge in [-0.15, -0.1) is 0 Å². The lowest BCUT2D eigenvalue weighted by Crippen LogP contribution is -2.13. The highest BCUT2D eigenvalue weighted by molar-refractivity contribution is 5.94. The Kier molecular flexibility index (Phi) is 4.12. The van der Waals surface area contributed by atoms with Gasteiger partial charge in [-0.2, -0.15) is 10.1 Å². The first-order valence-electron chi connectivity index (χ1n) is 9.45. The smallest absolute Gasteiger partial charge is 0.227 e. The minimum absolute atomic E-state index is 0.0971. The summed E-state index contributed by atoms with van der Waals surface area (Å²) in [6, 6.07) is 11.3. The van der Waals surface area contributed by atoms with Crippen molar-refractivity contribution in [2.45, 2.75) is 19.8 Å². The number of aromatic amines is 1. The van der Waals surface area contributed by atoms with Crippen molar-refractivity contribution in [3.8, 4) is 0 Å². The molecule has 0 spiro atoms. The van der Waals surface area contributed by atoms with E-state index in [1.807, 2.05) is 53.9 Å². The molecule has 3 aromatic heterocycles. The summed E-state index contributed by atoms with van der Waals surface area (Å²) in [5.74, 6) is 2.21. The second-order valence-corrected chi connectivity index (χ2v) is 7.15. The van der Waals surface area contributed by atoms with Gasteiger partial charge in [-0.1, -0.05) is 0 Å². The zero-order valence-corrected chi connectivity index (χ0v) is 15.8. The molecule has 29 heavy (non-hydrogen) atoms. The number of anilines is 5. The number of hydrogen-bond donors (Lipinski definition) is 4. The number of fused-ring (bicyclic) bond motifs is 1. The van der Waals surface area contributed by atoms with E-state index in [0.29, 0.717) is 17.6 Å². The van der Waals surface area contributed by atoms with E-state index in [1.165, 1.54) is 0 Å². The highest BCUT2D eigenvalue weighted by Crippen LogP contribution is 2.30. The average molecular weight is 388 g/mol. The number of nitrogens with one attached hydrogen (secondary N) is 4. The van der Waals surface area contributed by atoms with Crippen LogP contribution in [0.15, 0.2) is 48.8 Å². The first-order valence-corrected chi connectivity index (χ1v) is 9.45. The Bertz CT molecular complexity index is 1170. The number of hydrogen-bond acceptors (Lipinski definition) is 6. The number of benzene rings is 1. The van der Waals surface area contributed by atoms with Gasteiger partial charge in [-0.05, 0) is 44.0 Å². The van der Waals surface area contributed by atoms with Crippen LogP contribution in [0, 0.1) is 12.8 Å². The molecule has 146 valence electrons. The molecule has 1 aromatic carbocycles. The first kappa shape index (κ1) is 17.2. The molecule has 4 N–H and O–H groups in total. The number of H-pyrrole nitrogens is 1. The summed E-state index contributed by atoms with van der Waals surface area (Å²) in [4.78, 5) is 20.9. The molecule has 9 nitrogen and oxygen atoms in total. The third-order valence-corrected chi connectivity index (χ3v) is 4.71. The Labute approximate surface area is 166 Å². The van der Waals surface area contributed by atoms with Gasteiger partial charge in [0, 0.05) is 47.5 Å². The molecule has 0 bridgehead atoms. The summed E-state index contributed by atoms with van der Waals surface area (Å²) < 4.78 is 1.86. The molecular weight excluding hydrogens is 368 g/mol. The minimum Gasteiger partial charge on any atom is -0.326 e. The quantitative estimate of drug-likeness (QED) is 0.402. The first-order chi connectivity index (χ1) is 14.1. The van der Waals surface area contributed by atoms with Crippen molar-refractivity contribution >= 4 is 40.5 Å². The number of carbonyl (C=O) groups excluding carboxylic acids is 1. The largest absolute Gasteiger partial charge is 0.326 e. The van der Waals surface area contributed by atoms with E-state index in [0.717, 1.165) is 35.6 Å². The number of amides is 1. The molecule has 1 aliphatic carbocycles. The SMILES string of the molecule is Cc1cc(Nc2cc3nccn3c(Nc3ccc(NC(=O)C4CC4)cc3)n2)n[nH]1. The zero-order chi connectivity index (χ0) is 19.8. The van der Waals surface area contributed by atoms with Crippen molar-refractivity contribution in [2.24, 2.45) is 5.92 Å². The van der Waals surface area contributed by atoms with E-state index in [-0.39, 0.29) is 11.8 Å².